The lowest BCUT2D eigenvalue weighted by molar-refractivity contribution is -0.149. The SMILES string of the molecule is CC(N)C(=O)N1CCCC1C(=O)NC(CS)C(=O)N1CCCC1C(=O)O. The van der Waals surface area contributed by atoms with Crippen molar-refractivity contribution >= 4 is 36.3 Å². The van der Waals surface area contributed by atoms with Crippen molar-refractivity contribution in [1.82, 2.24) is 15.1 Å². The van der Waals surface area contributed by atoms with Crippen LogP contribution in [0.4, 0.5) is 0 Å². The van der Waals surface area contributed by atoms with E-state index < -0.39 is 42.0 Å². The van der Waals surface area contributed by atoms with Gasteiger partial charge < -0.3 is 26.0 Å². The van der Waals surface area contributed by atoms with E-state index in [9.17, 15) is 24.3 Å². The van der Waals surface area contributed by atoms with E-state index in [0.29, 0.717) is 38.8 Å². The molecule has 0 aliphatic carbocycles. The van der Waals surface area contributed by atoms with E-state index in [1.807, 2.05) is 0 Å². The number of carbonyl (C=O) groups excluding carboxylic acids is 3. The van der Waals surface area contributed by atoms with Crippen molar-refractivity contribution < 1.29 is 24.3 Å². The Kier molecular flexibility index (Phi) is 6.87. The molecule has 2 saturated heterocycles. The molecule has 0 aromatic rings. The average molecular weight is 386 g/mol. The van der Waals surface area contributed by atoms with Gasteiger partial charge in [-0.2, -0.15) is 12.6 Å². The summed E-state index contributed by atoms with van der Waals surface area (Å²) in [6, 6.07) is -3.17. The zero-order valence-electron chi connectivity index (χ0n) is 14.8. The molecular weight excluding hydrogens is 360 g/mol. The molecule has 0 bridgehead atoms. The minimum absolute atomic E-state index is 0.0430. The molecule has 2 aliphatic rings. The van der Waals surface area contributed by atoms with Gasteiger partial charge in [-0.1, -0.05) is 0 Å². The van der Waals surface area contributed by atoms with Gasteiger partial charge in [0.1, 0.15) is 18.1 Å². The summed E-state index contributed by atoms with van der Waals surface area (Å²) in [6.07, 6.45) is 2.19. The number of nitrogens with two attached hydrogens (primary N) is 1. The number of amides is 3. The zero-order valence-corrected chi connectivity index (χ0v) is 15.7. The molecule has 0 spiro atoms. The van der Waals surface area contributed by atoms with Crippen LogP contribution in [-0.2, 0) is 19.2 Å². The van der Waals surface area contributed by atoms with Gasteiger partial charge in [-0.15, -0.1) is 0 Å². The number of likely N-dealkylation sites (tertiary alicyclic amines) is 2. The minimum atomic E-state index is -1.05. The molecule has 9 nitrogen and oxygen atoms in total. The van der Waals surface area contributed by atoms with Gasteiger partial charge >= 0.3 is 5.97 Å². The molecular formula is C16H26N4O5S. The number of carboxylic acid groups (broad SMARTS) is 1. The molecule has 10 heteroatoms. The predicted octanol–water partition coefficient (Wildman–Crippen LogP) is -1.19. The van der Waals surface area contributed by atoms with E-state index in [1.165, 1.54) is 9.80 Å². The van der Waals surface area contributed by atoms with E-state index >= 15 is 0 Å². The highest BCUT2D eigenvalue weighted by Gasteiger charge is 2.40. The van der Waals surface area contributed by atoms with Gasteiger partial charge in [-0.25, -0.2) is 4.79 Å². The minimum Gasteiger partial charge on any atom is -0.480 e. The standard InChI is InChI=1S/C16H26N4O5S/c1-9(17)14(22)19-6-2-4-11(19)13(21)18-10(8-26)15(23)20-7-3-5-12(20)16(24)25/h9-12,26H,2-8,17H2,1H3,(H,18,21)(H,24,25). The Bertz CT molecular complexity index is 585. The van der Waals surface area contributed by atoms with Crippen LogP contribution >= 0.6 is 12.6 Å². The lowest BCUT2D eigenvalue weighted by atomic mass is 10.1. The number of carboxylic acids is 1. The van der Waals surface area contributed by atoms with Crippen LogP contribution in [0.15, 0.2) is 0 Å². The lowest BCUT2D eigenvalue weighted by Crippen LogP contribution is -2.57. The van der Waals surface area contributed by atoms with E-state index in [2.05, 4.69) is 17.9 Å². The molecule has 0 radical (unpaired) electrons. The van der Waals surface area contributed by atoms with Crippen molar-refractivity contribution in [2.24, 2.45) is 5.73 Å². The average Bonchev–Trinajstić information content (AvgIpc) is 3.26. The Balaban J connectivity index is 2.04. The van der Waals surface area contributed by atoms with Crippen LogP contribution in [0.25, 0.3) is 0 Å². The van der Waals surface area contributed by atoms with E-state index in [-0.39, 0.29) is 11.7 Å². The van der Waals surface area contributed by atoms with Crippen molar-refractivity contribution in [3.05, 3.63) is 0 Å². The molecule has 2 fully saturated rings. The first-order valence-corrected chi connectivity index (χ1v) is 9.41. The number of rotatable bonds is 6. The smallest absolute Gasteiger partial charge is 0.326 e. The Morgan fingerprint density at radius 3 is 2.15 bits per heavy atom. The summed E-state index contributed by atoms with van der Waals surface area (Å²) in [7, 11) is 0. The van der Waals surface area contributed by atoms with Crippen molar-refractivity contribution in [1.29, 1.82) is 0 Å². The molecule has 4 unspecified atom stereocenters. The lowest BCUT2D eigenvalue weighted by Gasteiger charge is -2.29. The second-order valence-corrected chi connectivity index (χ2v) is 7.12. The summed E-state index contributed by atoms with van der Waals surface area (Å²) in [6.45, 7) is 2.36. The molecule has 0 aromatic heterocycles. The van der Waals surface area contributed by atoms with Crippen LogP contribution < -0.4 is 11.1 Å². The summed E-state index contributed by atoms with van der Waals surface area (Å²) in [5, 5.41) is 11.9. The number of carbonyl (C=O) groups is 4. The maximum absolute atomic E-state index is 12.7. The van der Waals surface area contributed by atoms with Crippen LogP contribution in [0, 0.1) is 0 Å². The second-order valence-electron chi connectivity index (χ2n) is 6.75. The maximum Gasteiger partial charge on any atom is 0.326 e. The highest BCUT2D eigenvalue weighted by atomic mass is 32.1. The Morgan fingerprint density at radius 1 is 1.12 bits per heavy atom. The summed E-state index contributed by atoms with van der Waals surface area (Å²) < 4.78 is 0. The second kappa shape index (κ2) is 8.72. The number of hydrogen-bond acceptors (Lipinski definition) is 6. The van der Waals surface area contributed by atoms with Crippen molar-refractivity contribution in [2.45, 2.75) is 56.8 Å². The molecule has 0 saturated carbocycles. The zero-order chi connectivity index (χ0) is 19.4. The van der Waals surface area contributed by atoms with Crippen LogP contribution in [-0.4, -0.2) is 81.6 Å². The van der Waals surface area contributed by atoms with Crippen LogP contribution in [0.5, 0.6) is 0 Å². The Labute approximate surface area is 157 Å². The van der Waals surface area contributed by atoms with Gasteiger partial charge in [0.15, 0.2) is 0 Å². The number of thiol groups is 1. The number of hydrogen-bond donors (Lipinski definition) is 4. The fraction of sp³-hybridized carbons (Fsp3) is 0.750. The summed E-state index contributed by atoms with van der Waals surface area (Å²) in [5.41, 5.74) is 5.63. The largest absolute Gasteiger partial charge is 0.480 e. The van der Waals surface area contributed by atoms with Gasteiger partial charge in [0.25, 0.3) is 0 Å². The molecule has 2 heterocycles. The van der Waals surface area contributed by atoms with Crippen LogP contribution in [0.2, 0.25) is 0 Å². The molecule has 0 aromatic carbocycles. The van der Waals surface area contributed by atoms with E-state index in [0.717, 1.165) is 0 Å². The number of aliphatic carboxylic acids is 1. The Hall–Kier alpha value is -1.81. The summed E-state index contributed by atoms with van der Waals surface area (Å²) in [5.74, 6) is -2.20. The van der Waals surface area contributed by atoms with Crippen molar-refractivity contribution in [3.8, 4) is 0 Å². The maximum atomic E-state index is 12.7. The third kappa shape index (κ3) is 4.29. The first kappa shape index (κ1) is 20.5. The first-order chi connectivity index (χ1) is 12.3. The molecule has 4 N–H and O–H groups in total. The summed E-state index contributed by atoms with van der Waals surface area (Å²) >= 11 is 4.13. The molecule has 2 aliphatic heterocycles. The van der Waals surface area contributed by atoms with Gasteiger partial charge in [0.2, 0.25) is 17.7 Å². The van der Waals surface area contributed by atoms with Gasteiger partial charge in [-0.05, 0) is 32.6 Å². The van der Waals surface area contributed by atoms with E-state index in [1.54, 1.807) is 6.92 Å². The van der Waals surface area contributed by atoms with Crippen molar-refractivity contribution in [2.75, 3.05) is 18.8 Å². The van der Waals surface area contributed by atoms with E-state index in [4.69, 9.17) is 5.73 Å². The first-order valence-electron chi connectivity index (χ1n) is 8.78. The molecule has 2 rings (SSSR count). The molecule has 26 heavy (non-hydrogen) atoms. The molecule has 3 amide bonds. The normalized spacial score (nSPS) is 25.0. The highest BCUT2D eigenvalue weighted by molar-refractivity contribution is 7.80. The van der Waals surface area contributed by atoms with Crippen molar-refractivity contribution in [3.63, 3.8) is 0 Å². The monoisotopic (exact) mass is 386 g/mol. The fourth-order valence-electron chi connectivity index (χ4n) is 3.51. The number of nitrogens with zero attached hydrogens (tertiary/aromatic N) is 2. The fourth-order valence-corrected chi connectivity index (χ4v) is 3.75. The van der Waals surface area contributed by atoms with Gasteiger partial charge in [-0.3, -0.25) is 14.4 Å². The van der Waals surface area contributed by atoms with Crippen LogP contribution in [0.1, 0.15) is 32.6 Å². The van der Waals surface area contributed by atoms with Crippen LogP contribution in [0.3, 0.4) is 0 Å². The quantitative estimate of drug-likeness (QED) is 0.425. The summed E-state index contributed by atoms with van der Waals surface area (Å²) in [4.78, 5) is 51.4. The number of nitrogens with one attached hydrogen (secondary N) is 1. The van der Waals surface area contributed by atoms with Gasteiger partial charge in [0, 0.05) is 18.8 Å². The topological polar surface area (TPSA) is 133 Å². The third-order valence-corrected chi connectivity index (χ3v) is 5.21. The van der Waals surface area contributed by atoms with Gasteiger partial charge in [0.05, 0.1) is 6.04 Å². The highest BCUT2D eigenvalue weighted by Crippen LogP contribution is 2.21. The molecule has 4 atom stereocenters. The third-order valence-electron chi connectivity index (χ3n) is 4.85. The molecule has 146 valence electrons. The Morgan fingerprint density at radius 2 is 1.65 bits per heavy atom. The predicted molar refractivity (Wildman–Crippen MR) is 96.5 cm³/mol.